The Bertz CT molecular complexity index is 607. The first-order valence-electron chi connectivity index (χ1n) is 8.49. The van der Waals surface area contributed by atoms with Gasteiger partial charge >= 0.3 is 0 Å². The molecule has 0 fully saturated rings. The van der Waals surface area contributed by atoms with Gasteiger partial charge < -0.3 is 0 Å². The molecule has 0 aromatic heterocycles. The monoisotopic (exact) mass is 349 g/mol. The van der Waals surface area contributed by atoms with Crippen LogP contribution in [0.3, 0.4) is 0 Å². The molecule has 0 N–H and O–H groups in total. The standard InChI is InChI=1S/C20H31NO2S/c1-15(13-17(22)16-11-9-8-10-12-16)14-18(19(2,3)4)21-24(23)20(5,6)7/h8-12,15H,13-14H2,1-7H3/b21-18-/t15-,24+/m0/s1. The highest BCUT2D eigenvalue weighted by atomic mass is 32.2. The summed E-state index contributed by atoms with van der Waals surface area (Å²) in [5, 5.41) is 0. The van der Waals surface area contributed by atoms with E-state index in [0.717, 1.165) is 11.3 Å². The summed E-state index contributed by atoms with van der Waals surface area (Å²) in [7, 11) is -1.28. The van der Waals surface area contributed by atoms with Gasteiger partial charge in [-0.25, -0.2) is 4.21 Å². The maximum absolute atomic E-state index is 12.4. The third kappa shape index (κ3) is 6.68. The van der Waals surface area contributed by atoms with Gasteiger partial charge in [0, 0.05) is 23.1 Å². The summed E-state index contributed by atoms with van der Waals surface area (Å²) < 4.78 is 16.5. The fraction of sp³-hybridized carbons (Fsp3) is 0.600. The highest BCUT2D eigenvalue weighted by molar-refractivity contribution is 7.85. The molecule has 0 radical (unpaired) electrons. The van der Waals surface area contributed by atoms with Crippen molar-refractivity contribution in [2.45, 2.75) is 66.1 Å². The summed E-state index contributed by atoms with van der Waals surface area (Å²) >= 11 is 0. The molecule has 4 heteroatoms. The smallest absolute Gasteiger partial charge is 0.163 e. The molecule has 1 aromatic carbocycles. The Labute approximate surface area is 149 Å². The zero-order valence-electron chi connectivity index (χ0n) is 16.1. The quantitative estimate of drug-likeness (QED) is 0.521. The van der Waals surface area contributed by atoms with Crippen molar-refractivity contribution in [1.82, 2.24) is 0 Å². The van der Waals surface area contributed by atoms with Crippen LogP contribution in [-0.4, -0.2) is 20.5 Å². The Hall–Kier alpha value is -1.29. The fourth-order valence-corrected chi connectivity index (χ4v) is 3.00. The molecule has 0 aliphatic rings. The Morgan fingerprint density at radius 1 is 1.04 bits per heavy atom. The number of hydrogen-bond donors (Lipinski definition) is 0. The van der Waals surface area contributed by atoms with Crippen LogP contribution < -0.4 is 0 Å². The van der Waals surface area contributed by atoms with Gasteiger partial charge in [0.2, 0.25) is 0 Å². The van der Waals surface area contributed by atoms with Crippen LogP contribution in [0.2, 0.25) is 0 Å². The highest BCUT2D eigenvalue weighted by Crippen LogP contribution is 2.26. The van der Waals surface area contributed by atoms with E-state index in [1.54, 1.807) is 0 Å². The lowest BCUT2D eigenvalue weighted by Crippen LogP contribution is -2.27. The van der Waals surface area contributed by atoms with Gasteiger partial charge in [-0.1, -0.05) is 58.0 Å². The van der Waals surface area contributed by atoms with E-state index in [0.29, 0.717) is 12.8 Å². The molecule has 0 aliphatic carbocycles. The maximum Gasteiger partial charge on any atom is 0.163 e. The van der Waals surface area contributed by atoms with Crippen LogP contribution in [0.25, 0.3) is 0 Å². The zero-order valence-corrected chi connectivity index (χ0v) is 16.9. The topological polar surface area (TPSA) is 46.5 Å². The van der Waals surface area contributed by atoms with Crippen LogP contribution in [0.15, 0.2) is 34.7 Å². The molecular weight excluding hydrogens is 318 g/mol. The van der Waals surface area contributed by atoms with Gasteiger partial charge in [-0.3, -0.25) is 4.79 Å². The summed E-state index contributed by atoms with van der Waals surface area (Å²) in [6.45, 7) is 14.1. The van der Waals surface area contributed by atoms with E-state index < -0.39 is 11.0 Å². The van der Waals surface area contributed by atoms with Crippen molar-refractivity contribution in [2.24, 2.45) is 15.7 Å². The average molecular weight is 350 g/mol. The SMILES string of the molecule is C[C@@H](CC(=O)c1ccccc1)C/C(=N/[S@](=O)C(C)(C)C)C(C)(C)C. The molecule has 1 aromatic rings. The third-order valence-corrected chi connectivity index (χ3v) is 5.19. The van der Waals surface area contributed by atoms with Crippen molar-refractivity contribution >= 4 is 22.5 Å². The Kier molecular flexibility index (Phi) is 7.09. The molecule has 0 aliphatic heterocycles. The summed E-state index contributed by atoms with van der Waals surface area (Å²) in [5.41, 5.74) is 1.51. The lowest BCUT2D eigenvalue weighted by Gasteiger charge is -2.25. The Balaban J connectivity index is 2.86. The van der Waals surface area contributed by atoms with E-state index in [2.05, 4.69) is 32.1 Å². The predicted molar refractivity (Wildman–Crippen MR) is 104 cm³/mol. The number of Topliss-reactive ketones (excluding diaryl/α,β-unsaturated/α-hetero) is 1. The van der Waals surface area contributed by atoms with Crippen molar-refractivity contribution in [3.8, 4) is 0 Å². The van der Waals surface area contributed by atoms with Gasteiger partial charge in [0.05, 0.1) is 4.75 Å². The van der Waals surface area contributed by atoms with Crippen LogP contribution in [0.4, 0.5) is 0 Å². The molecular formula is C20H31NO2S. The average Bonchev–Trinajstić information content (AvgIpc) is 2.45. The summed E-state index contributed by atoms with van der Waals surface area (Å²) in [6, 6.07) is 9.37. The minimum Gasteiger partial charge on any atom is -0.294 e. The van der Waals surface area contributed by atoms with E-state index in [-0.39, 0.29) is 21.9 Å². The molecule has 0 unspecified atom stereocenters. The van der Waals surface area contributed by atoms with Gasteiger partial charge in [-0.15, -0.1) is 0 Å². The number of carbonyl (C=O) groups is 1. The van der Waals surface area contributed by atoms with Crippen LogP contribution in [0, 0.1) is 11.3 Å². The highest BCUT2D eigenvalue weighted by Gasteiger charge is 2.26. The normalized spacial score (nSPS) is 15.9. The van der Waals surface area contributed by atoms with Crippen LogP contribution >= 0.6 is 0 Å². The van der Waals surface area contributed by atoms with Gasteiger partial charge in [-0.2, -0.15) is 4.40 Å². The predicted octanol–water partition coefficient (Wildman–Crippen LogP) is 5.23. The minimum atomic E-state index is -1.28. The van der Waals surface area contributed by atoms with E-state index in [4.69, 9.17) is 0 Å². The molecule has 0 amide bonds. The number of hydrogen-bond acceptors (Lipinski definition) is 2. The first-order chi connectivity index (χ1) is 10.9. The van der Waals surface area contributed by atoms with Crippen molar-refractivity contribution in [3.63, 3.8) is 0 Å². The second-order valence-corrected chi connectivity index (χ2v) is 10.4. The summed E-state index contributed by atoms with van der Waals surface area (Å²) in [4.78, 5) is 12.4. The largest absolute Gasteiger partial charge is 0.294 e. The molecule has 24 heavy (non-hydrogen) atoms. The number of nitrogens with zero attached hydrogens (tertiary/aromatic N) is 1. The zero-order chi connectivity index (χ0) is 18.5. The molecule has 1 rings (SSSR count). The van der Waals surface area contributed by atoms with Gasteiger partial charge in [0.15, 0.2) is 5.78 Å². The van der Waals surface area contributed by atoms with Crippen LogP contribution in [0.5, 0.6) is 0 Å². The minimum absolute atomic E-state index is 0.147. The number of ketones is 1. The lowest BCUT2D eigenvalue weighted by molar-refractivity contribution is 0.0965. The van der Waals surface area contributed by atoms with Crippen molar-refractivity contribution in [2.75, 3.05) is 0 Å². The fourth-order valence-electron chi connectivity index (χ4n) is 2.18. The molecule has 0 heterocycles. The van der Waals surface area contributed by atoms with Crippen molar-refractivity contribution < 1.29 is 9.00 Å². The molecule has 2 atom stereocenters. The van der Waals surface area contributed by atoms with Gasteiger partial charge in [-0.05, 0) is 33.1 Å². The van der Waals surface area contributed by atoms with E-state index in [1.807, 2.05) is 51.1 Å². The van der Waals surface area contributed by atoms with Crippen molar-refractivity contribution in [3.05, 3.63) is 35.9 Å². The number of benzene rings is 1. The second-order valence-electron chi connectivity index (χ2n) is 8.45. The van der Waals surface area contributed by atoms with Crippen molar-refractivity contribution in [1.29, 1.82) is 0 Å². The molecule has 0 bridgehead atoms. The Morgan fingerprint density at radius 3 is 2.04 bits per heavy atom. The number of rotatable bonds is 6. The van der Waals surface area contributed by atoms with Gasteiger partial charge in [0.25, 0.3) is 0 Å². The van der Waals surface area contributed by atoms with E-state index in [1.165, 1.54) is 0 Å². The molecule has 0 saturated heterocycles. The maximum atomic E-state index is 12.4. The second kappa shape index (κ2) is 8.19. The molecule has 134 valence electrons. The van der Waals surface area contributed by atoms with Gasteiger partial charge in [0.1, 0.15) is 11.0 Å². The summed E-state index contributed by atoms with van der Waals surface area (Å²) in [5.74, 6) is 0.306. The van der Waals surface area contributed by atoms with Crippen LogP contribution in [-0.2, 0) is 11.0 Å². The first-order valence-corrected chi connectivity index (χ1v) is 9.60. The number of carbonyl (C=O) groups excluding carboxylic acids is 1. The third-order valence-electron chi connectivity index (χ3n) is 3.75. The molecule has 0 spiro atoms. The van der Waals surface area contributed by atoms with E-state index >= 15 is 0 Å². The summed E-state index contributed by atoms with van der Waals surface area (Å²) in [6.07, 6.45) is 1.16. The molecule has 3 nitrogen and oxygen atoms in total. The van der Waals surface area contributed by atoms with E-state index in [9.17, 15) is 9.00 Å². The molecule has 0 saturated carbocycles. The first kappa shape index (κ1) is 20.8. The van der Waals surface area contributed by atoms with Crippen LogP contribution in [0.1, 0.15) is 71.7 Å². The lowest BCUT2D eigenvalue weighted by atomic mass is 9.83. The Morgan fingerprint density at radius 2 is 1.58 bits per heavy atom.